The molecule has 0 fully saturated rings. The standard InChI is InChI=1S/C10H9BrF4N2O2/c11-7-1-2-8(17(18)19)6(3-7)4-16-5-10(14,15)9(12)13/h1-3,9,16H,4-5H2. The Bertz CT molecular complexity index is 471. The summed E-state index contributed by atoms with van der Waals surface area (Å²) in [6, 6.07) is 3.99. The van der Waals surface area contributed by atoms with Crippen LogP contribution in [-0.2, 0) is 6.54 Å². The topological polar surface area (TPSA) is 55.2 Å². The quantitative estimate of drug-likeness (QED) is 0.489. The van der Waals surface area contributed by atoms with E-state index in [1.54, 1.807) is 0 Å². The maximum atomic E-state index is 12.6. The second-order valence-corrected chi connectivity index (χ2v) is 4.61. The molecule has 19 heavy (non-hydrogen) atoms. The monoisotopic (exact) mass is 344 g/mol. The number of benzene rings is 1. The molecule has 0 spiro atoms. The fraction of sp³-hybridized carbons (Fsp3) is 0.400. The predicted molar refractivity (Wildman–Crippen MR) is 63.5 cm³/mol. The van der Waals surface area contributed by atoms with Crippen LogP contribution in [-0.4, -0.2) is 23.8 Å². The Balaban J connectivity index is 2.73. The molecule has 0 radical (unpaired) electrons. The van der Waals surface area contributed by atoms with E-state index in [0.717, 1.165) is 0 Å². The molecule has 0 heterocycles. The van der Waals surface area contributed by atoms with Gasteiger partial charge in [-0.15, -0.1) is 0 Å². The largest absolute Gasteiger partial charge is 0.319 e. The highest BCUT2D eigenvalue weighted by Gasteiger charge is 2.40. The van der Waals surface area contributed by atoms with Crippen LogP contribution in [0, 0.1) is 10.1 Å². The minimum atomic E-state index is -4.17. The summed E-state index contributed by atoms with van der Waals surface area (Å²) in [6.45, 7) is -1.56. The molecule has 0 aromatic heterocycles. The maximum absolute atomic E-state index is 12.6. The lowest BCUT2D eigenvalue weighted by atomic mass is 10.2. The average molecular weight is 345 g/mol. The molecule has 1 aromatic carbocycles. The van der Waals surface area contributed by atoms with Crippen LogP contribution in [0.15, 0.2) is 22.7 Å². The van der Waals surface area contributed by atoms with Gasteiger partial charge in [0, 0.05) is 22.6 Å². The van der Waals surface area contributed by atoms with Gasteiger partial charge in [0.05, 0.1) is 11.5 Å². The Morgan fingerprint density at radius 1 is 1.42 bits per heavy atom. The van der Waals surface area contributed by atoms with E-state index in [4.69, 9.17) is 0 Å². The average Bonchev–Trinajstić information content (AvgIpc) is 2.28. The minimum absolute atomic E-state index is 0.129. The Labute approximate surface area is 114 Å². The molecule has 0 unspecified atom stereocenters. The van der Waals surface area contributed by atoms with E-state index in [1.165, 1.54) is 18.2 Å². The zero-order valence-corrected chi connectivity index (χ0v) is 11.0. The molecule has 1 N–H and O–H groups in total. The highest BCUT2D eigenvalue weighted by molar-refractivity contribution is 9.10. The van der Waals surface area contributed by atoms with E-state index in [-0.39, 0.29) is 17.8 Å². The van der Waals surface area contributed by atoms with Crippen molar-refractivity contribution in [1.29, 1.82) is 0 Å². The Kier molecular flexibility index (Phi) is 5.24. The number of alkyl halides is 4. The zero-order valence-electron chi connectivity index (χ0n) is 9.38. The molecule has 1 rings (SSSR count). The molecular formula is C10H9BrF4N2O2. The second-order valence-electron chi connectivity index (χ2n) is 3.70. The molecular weight excluding hydrogens is 336 g/mol. The van der Waals surface area contributed by atoms with Crippen LogP contribution in [0.4, 0.5) is 23.2 Å². The molecule has 9 heteroatoms. The summed E-state index contributed by atoms with van der Waals surface area (Å²) >= 11 is 3.08. The third-order valence-electron chi connectivity index (χ3n) is 2.23. The first-order valence-electron chi connectivity index (χ1n) is 5.03. The first-order valence-corrected chi connectivity index (χ1v) is 5.83. The number of hydrogen-bond acceptors (Lipinski definition) is 3. The van der Waals surface area contributed by atoms with E-state index >= 15 is 0 Å². The van der Waals surface area contributed by atoms with Gasteiger partial charge in [-0.1, -0.05) is 15.9 Å². The third kappa shape index (κ3) is 4.43. The van der Waals surface area contributed by atoms with Gasteiger partial charge >= 0.3 is 12.3 Å². The van der Waals surface area contributed by atoms with Gasteiger partial charge in [0.2, 0.25) is 0 Å². The van der Waals surface area contributed by atoms with E-state index in [9.17, 15) is 27.7 Å². The summed E-state index contributed by atoms with van der Waals surface area (Å²) in [7, 11) is 0. The van der Waals surface area contributed by atoms with Crippen molar-refractivity contribution in [1.82, 2.24) is 5.32 Å². The second kappa shape index (κ2) is 6.29. The molecule has 0 aliphatic rings. The van der Waals surface area contributed by atoms with Crippen molar-refractivity contribution in [2.45, 2.75) is 18.9 Å². The summed E-state index contributed by atoms with van der Waals surface area (Å²) in [5.74, 6) is -4.17. The number of nitro groups is 1. The molecule has 0 aliphatic heterocycles. The van der Waals surface area contributed by atoms with Gasteiger partial charge in [0.25, 0.3) is 5.69 Å². The van der Waals surface area contributed by atoms with Crippen molar-refractivity contribution in [3.63, 3.8) is 0 Å². The summed E-state index contributed by atoms with van der Waals surface area (Å²) in [4.78, 5) is 10.0. The first kappa shape index (κ1) is 15.8. The minimum Gasteiger partial charge on any atom is -0.307 e. The van der Waals surface area contributed by atoms with Crippen LogP contribution >= 0.6 is 15.9 Å². The number of hydrogen-bond donors (Lipinski definition) is 1. The maximum Gasteiger partial charge on any atom is 0.319 e. The fourth-order valence-electron chi connectivity index (χ4n) is 1.31. The lowest BCUT2D eigenvalue weighted by molar-refractivity contribution is -0.385. The summed E-state index contributed by atoms with van der Waals surface area (Å²) < 4.78 is 49.6. The van der Waals surface area contributed by atoms with E-state index in [2.05, 4.69) is 21.2 Å². The van der Waals surface area contributed by atoms with Gasteiger partial charge in [-0.2, -0.15) is 8.78 Å². The van der Waals surface area contributed by atoms with Gasteiger partial charge in [-0.3, -0.25) is 10.1 Å². The molecule has 0 amide bonds. The number of halogens is 5. The van der Waals surface area contributed by atoms with Crippen molar-refractivity contribution < 1.29 is 22.5 Å². The van der Waals surface area contributed by atoms with Crippen LogP contribution in [0.5, 0.6) is 0 Å². The van der Waals surface area contributed by atoms with Crippen LogP contribution in [0.25, 0.3) is 0 Å². The smallest absolute Gasteiger partial charge is 0.307 e. The van der Waals surface area contributed by atoms with E-state index < -0.39 is 23.8 Å². The molecule has 0 bridgehead atoms. The normalized spacial score (nSPS) is 11.9. The van der Waals surface area contributed by atoms with Gasteiger partial charge < -0.3 is 5.32 Å². The molecule has 106 valence electrons. The van der Waals surface area contributed by atoms with Crippen LogP contribution in [0.3, 0.4) is 0 Å². The zero-order chi connectivity index (χ0) is 14.6. The predicted octanol–water partition coefficient (Wildman–Crippen LogP) is 3.35. The van der Waals surface area contributed by atoms with Gasteiger partial charge in [-0.05, 0) is 12.1 Å². The number of rotatable bonds is 6. The van der Waals surface area contributed by atoms with E-state index in [0.29, 0.717) is 4.47 Å². The van der Waals surface area contributed by atoms with Crippen molar-refractivity contribution in [2.24, 2.45) is 0 Å². The molecule has 0 saturated carbocycles. The highest BCUT2D eigenvalue weighted by atomic mass is 79.9. The molecule has 4 nitrogen and oxygen atoms in total. The number of nitrogens with one attached hydrogen (secondary N) is 1. The van der Waals surface area contributed by atoms with Crippen LogP contribution in [0.1, 0.15) is 5.56 Å². The number of nitrogens with zero attached hydrogens (tertiary/aromatic N) is 1. The van der Waals surface area contributed by atoms with Gasteiger partial charge in [0.1, 0.15) is 0 Å². The third-order valence-corrected chi connectivity index (χ3v) is 2.73. The SMILES string of the molecule is O=[N+]([O-])c1ccc(Br)cc1CNCC(F)(F)C(F)F. The van der Waals surface area contributed by atoms with Gasteiger partial charge in [0.15, 0.2) is 0 Å². The molecule has 0 saturated heterocycles. The van der Waals surface area contributed by atoms with Crippen LogP contribution in [0.2, 0.25) is 0 Å². The van der Waals surface area contributed by atoms with Crippen molar-refractivity contribution in [3.05, 3.63) is 38.3 Å². The van der Waals surface area contributed by atoms with E-state index in [1.807, 2.05) is 0 Å². The summed E-state index contributed by atoms with van der Waals surface area (Å²) in [5.41, 5.74) is -0.138. The molecule has 0 aliphatic carbocycles. The lowest BCUT2D eigenvalue weighted by Crippen LogP contribution is -2.38. The summed E-state index contributed by atoms with van der Waals surface area (Å²) in [6.07, 6.45) is -3.78. The molecule has 1 aromatic rings. The lowest BCUT2D eigenvalue weighted by Gasteiger charge is -2.15. The highest BCUT2D eigenvalue weighted by Crippen LogP contribution is 2.24. The van der Waals surface area contributed by atoms with Crippen molar-refractivity contribution in [2.75, 3.05) is 6.54 Å². The van der Waals surface area contributed by atoms with Gasteiger partial charge in [-0.25, -0.2) is 8.78 Å². The number of nitro benzene ring substituents is 1. The van der Waals surface area contributed by atoms with Crippen molar-refractivity contribution in [3.8, 4) is 0 Å². The fourth-order valence-corrected chi connectivity index (χ4v) is 1.72. The Hall–Kier alpha value is -1.22. The molecule has 0 atom stereocenters. The van der Waals surface area contributed by atoms with Crippen LogP contribution < -0.4 is 5.32 Å². The Morgan fingerprint density at radius 3 is 2.58 bits per heavy atom. The first-order chi connectivity index (χ1) is 8.74. The summed E-state index contributed by atoms with van der Waals surface area (Å²) in [5, 5.41) is 12.8. The Morgan fingerprint density at radius 2 is 2.05 bits per heavy atom. The van der Waals surface area contributed by atoms with Crippen molar-refractivity contribution >= 4 is 21.6 Å².